The molecule has 0 spiro atoms. The molecule has 0 saturated heterocycles. The number of aromatic nitrogens is 2. The Morgan fingerprint density at radius 3 is 2.47 bits per heavy atom. The number of rotatable bonds is 6. The second kappa shape index (κ2) is 6.97. The van der Waals surface area contributed by atoms with Gasteiger partial charge in [0.1, 0.15) is 5.82 Å². The zero-order chi connectivity index (χ0) is 13.5. The second-order valence-corrected chi connectivity index (χ2v) is 4.45. The summed E-state index contributed by atoms with van der Waals surface area (Å²) in [5.74, 6) is 0.809. The van der Waals surface area contributed by atoms with Crippen LogP contribution in [0, 0.1) is 6.92 Å². The number of ether oxygens (including phenoxy) is 1. The van der Waals surface area contributed by atoms with E-state index in [9.17, 15) is 0 Å². The van der Waals surface area contributed by atoms with Crippen molar-refractivity contribution >= 4 is 0 Å². The van der Waals surface area contributed by atoms with Crippen LogP contribution >= 0.6 is 0 Å². The summed E-state index contributed by atoms with van der Waals surface area (Å²) >= 11 is 0. The Hall–Kier alpha value is -1.78. The van der Waals surface area contributed by atoms with E-state index in [0.717, 1.165) is 24.6 Å². The molecule has 2 rings (SSSR count). The maximum atomic E-state index is 5.09. The van der Waals surface area contributed by atoms with Gasteiger partial charge >= 0.3 is 0 Å². The summed E-state index contributed by atoms with van der Waals surface area (Å²) < 4.78 is 5.09. The van der Waals surface area contributed by atoms with Crippen molar-refractivity contribution in [3.63, 3.8) is 0 Å². The molecule has 1 aromatic heterocycles. The van der Waals surface area contributed by atoms with Gasteiger partial charge in [-0.15, -0.1) is 0 Å². The number of nitrogens with zero attached hydrogens (tertiary/aromatic N) is 2. The van der Waals surface area contributed by atoms with Crippen molar-refractivity contribution in [2.45, 2.75) is 26.6 Å². The van der Waals surface area contributed by atoms with E-state index in [1.165, 1.54) is 11.1 Å². The Morgan fingerprint density at radius 1 is 1.05 bits per heavy atom. The third-order valence-electron chi connectivity index (χ3n) is 2.80. The monoisotopic (exact) mass is 257 g/mol. The first-order valence-electron chi connectivity index (χ1n) is 6.34. The SMILES string of the molecule is COCc1ccc(CNCc2ccnc(C)n2)cc1. The van der Waals surface area contributed by atoms with Gasteiger partial charge in [0, 0.05) is 26.4 Å². The standard InChI is InChI=1S/C15H19N3O/c1-12-17-8-7-15(18-12)10-16-9-13-3-5-14(6-4-13)11-19-2/h3-8,16H,9-11H2,1-2H3. The molecule has 100 valence electrons. The van der Waals surface area contributed by atoms with Gasteiger partial charge in [0.2, 0.25) is 0 Å². The maximum Gasteiger partial charge on any atom is 0.125 e. The van der Waals surface area contributed by atoms with Gasteiger partial charge in [0.05, 0.1) is 12.3 Å². The molecule has 0 fully saturated rings. The quantitative estimate of drug-likeness (QED) is 0.862. The lowest BCUT2D eigenvalue weighted by molar-refractivity contribution is 0.185. The summed E-state index contributed by atoms with van der Waals surface area (Å²) in [6.45, 7) is 4.14. The molecule has 1 heterocycles. The van der Waals surface area contributed by atoms with E-state index >= 15 is 0 Å². The van der Waals surface area contributed by atoms with Gasteiger partial charge in [-0.3, -0.25) is 0 Å². The second-order valence-electron chi connectivity index (χ2n) is 4.45. The van der Waals surface area contributed by atoms with E-state index in [1.807, 2.05) is 13.0 Å². The molecule has 4 heteroatoms. The third-order valence-corrected chi connectivity index (χ3v) is 2.80. The van der Waals surface area contributed by atoms with Crippen molar-refractivity contribution in [1.29, 1.82) is 0 Å². The van der Waals surface area contributed by atoms with E-state index in [4.69, 9.17) is 4.74 Å². The molecule has 0 aliphatic carbocycles. The predicted octanol–water partition coefficient (Wildman–Crippen LogP) is 2.22. The lowest BCUT2D eigenvalue weighted by Gasteiger charge is -2.06. The average molecular weight is 257 g/mol. The molecular weight excluding hydrogens is 238 g/mol. The first kappa shape index (κ1) is 13.6. The molecule has 0 amide bonds. The van der Waals surface area contributed by atoms with Crippen molar-refractivity contribution in [2.75, 3.05) is 7.11 Å². The molecule has 0 aliphatic rings. The lowest BCUT2D eigenvalue weighted by Crippen LogP contribution is -2.14. The van der Waals surface area contributed by atoms with Crippen molar-refractivity contribution in [3.05, 3.63) is 59.2 Å². The van der Waals surface area contributed by atoms with E-state index in [1.54, 1.807) is 13.3 Å². The highest BCUT2D eigenvalue weighted by Gasteiger charge is 1.97. The Balaban J connectivity index is 1.82. The van der Waals surface area contributed by atoms with Crippen LogP contribution in [0.4, 0.5) is 0 Å². The molecule has 2 aromatic rings. The van der Waals surface area contributed by atoms with Crippen LogP contribution in [0.3, 0.4) is 0 Å². The fourth-order valence-electron chi connectivity index (χ4n) is 1.86. The predicted molar refractivity (Wildman–Crippen MR) is 74.5 cm³/mol. The summed E-state index contributed by atoms with van der Waals surface area (Å²) in [7, 11) is 1.71. The molecule has 0 radical (unpaired) electrons. The van der Waals surface area contributed by atoms with Crippen LogP contribution in [0.1, 0.15) is 22.6 Å². The number of nitrogens with one attached hydrogen (secondary N) is 1. The van der Waals surface area contributed by atoms with Crippen LogP contribution in [-0.4, -0.2) is 17.1 Å². The normalized spacial score (nSPS) is 10.6. The van der Waals surface area contributed by atoms with Gasteiger partial charge in [-0.1, -0.05) is 24.3 Å². The van der Waals surface area contributed by atoms with Crippen molar-refractivity contribution in [3.8, 4) is 0 Å². The Labute approximate surface area is 113 Å². The van der Waals surface area contributed by atoms with Crippen molar-refractivity contribution in [2.24, 2.45) is 0 Å². The molecule has 19 heavy (non-hydrogen) atoms. The third kappa shape index (κ3) is 4.43. The van der Waals surface area contributed by atoms with Gasteiger partial charge < -0.3 is 10.1 Å². The molecular formula is C15H19N3O. The number of hydrogen-bond acceptors (Lipinski definition) is 4. The highest BCUT2D eigenvalue weighted by Crippen LogP contribution is 2.05. The minimum atomic E-state index is 0.661. The van der Waals surface area contributed by atoms with Crippen molar-refractivity contribution < 1.29 is 4.74 Å². The summed E-state index contributed by atoms with van der Waals surface area (Å²) in [6, 6.07) is 10.4. The van der Waals surface area contributed by atoms with E-state index in [-0.39, 0.29) is 0 Å². The molecule has 0 unspecified atom stereocenters. The first-order chi connectivity index (χ1) is 9.28. The van der Waals surface area contributed by atoms with Crippen LogP contribution in [0.15, 0.2) is 36.5 Å². The average Bonchev–Trinajstić information content (AvgIpc) is 2.41. The number of aryl methyl sites for hydroxylation is 1. The van der Waals surface area contributed by atoms with Crippen LogP contribution in [0.2, 0.25) is 0 Å². The summed E-state index contributed by atoms with van der Waals surface area (Å²) in [5.41, 5.74) is 3.46. The molecule has 0 aliphatic heterocycles. The van der Waals surface area contributed by atoms with Crippen LogP contribution in [0.25, 0.3) is 0 Å². The minimum Gasteiger partial charge on any atom is -0.380 e. The topological polar surface area (TPSA) is 47.0 Å². The zero-order valence-electron chi connectivity index (χ0n) is 11.4. The number of hydrogen-bond donors (Lipinski definition) is 1. The van der Waals surface area contributed by atoms with Gasteiger partial charge in [-0.2, -0.15) is 0 Å². The number of methoxy groups -OCH3 is 1. The first-order valence-corrected chi connectivity index (χ1v) is 6.34. The molecule has 1 N–H and O–H groups in total. The number of benzene rings is 1. The van der Waals surface area contributed by atoms with Gasteiger partial charge in [-0.25, -0.2) is 9.97 Å². The summed E-state index contributed by atoms with van der Waals surface area (Å²) in [5, 5.41) is 3.38. The highest BCUT2D eigenvalue weighted by molar-refractivity contribution is 5.22. The lowest BCUT2D eigenvalue weighted by atomic mass is 10.1. The highest BCUT2D eigenvalue weighted by atomic mass is 16.5. The van der Waals surface area contributed by atoms with E-state index in [2.05, 4.69) is 39.6 Å². The van der Waals surface area contributed by atoms with Gasteiger partial charge in [-0.05, 0) is 24.1 Å². The van der Waals surface area contributed by atoms with E-state index in [0.29, 0.717) is 6.61 Å². The molecule has 1 aromatic carbocycles. The van der Waals surface area contributed by atoms with Crippen LogP contribution in [-0.2, 0) is 24.4 Å². The summed E-state index contributed by atoms with van der Waals surface area (Å²) in [6.07, 6.45) is 1.79. The maximum absolute atomic E-state index is 5.09. The minimum absolute atomic E-state index is 0.661. The Kier molecular flexibility index (Phi) is 5.01. The molecule has 0 bridgehead atoms. The largest absolute Gasteiger partial charge is 0.380 e. The van der Waals surface area contributed by atoms with Gasteiger partial charge in [0.25, 0.3) is 0 Å². The Bertz CT molecular complexity index is 511. The van der Waals surface area contributed by atoms with Crippen molar-refractivity contribution in [1.82, 2.24) is 15.3 Å². The van der Waals surface area contributed by atoms with E-state index < -0.39 is 0 Å². The Morgan fingerprint density at radius 2 is 1.79 bits per heavy atom. The van der Waals surface area contributed by atoms with Gasteiger partial charge in [0.15, 0.2) is 0 Å². The molecule has 4 nitrogen and oxygen atoms in total. The fourth-order valence-corrected chi connectivity index (χ4v) is 1.86. The zero-order valence-corrected chi connectivity index (χ0v) is 11.4. The van der Waals surface area contributed by atoms with Crippen LogP contribution < -0.4 is 5.32 Å². The summed E-state index contributed by atoms with van der Waals surface area (Å²) in [4.78, 5) is 8.44. The smallest absolute Gasteiger partial charge is 0.125 e. The van der Waals surface area contributed by atoms with Crippen LogP contribution in [0.5, 0.6) is 0 Å². The molecule has 0 saturated carbocycles. The fraction of sp³-hybridized carbons (Fsp3) is 0.333. The molecule has 0 atom stereocenters.